The van der Waals surface area contributed by atoms with Crippen LogP contribution in [-0.4, -0.2) is 5.11 Å². The van der Waals surface area contributed by atoms with Crippen molar-refractivity contribution >= 4 is 0 Å². The summed E-state index contributed by atoms with van der Waals surface area (Å²) in [5, 5.41) is 9.50. The molecule has 0 atom stereocenters. The van der Waals surface area contributed by atoms with E-state index < -0.39 is 12.2 Å². The monoisotopic (exact) mass is 181 g/mol. The largest absolute Gasteiger partial charge is 0.508 e. The normalized spacial score (nSPS) is 18.6. The fourth-order valence-electron chi connectivity index (χ4n) is 1.47. The maximum atomic E-state index is 12.3. The molecule has 13 heavy (non-hydrogen) atoms. The molecule has 0 heterocycles. The van der Waals surface area contributed by atoms with Gasteiger partial charge in [0.05, 0.1) is 0 Å². The standard InChI is InChI=1S/C10H12FNO/c11-6-7-1-2-9(13)8(5-7)10(12)3-4-10/h1-2,5,13H,3-4,6,12H2. The average Bonchev–Trinajstić information content (AvgIpc) is 2.86. The minimum atomic E-state index is -0.511. The first-order chi connectivity index (χ1) is 6.15. The number of benzene rings is 1. The first-order valence-corrected chi connectivity index (χ1v) is 4.33. The zero-order valence-corrected chi connectivity index (χ0v) is 7.26. The molecule has 1 aromatic rings. The number of hydrogen-bond acceptors (Lipinski definition) is 2. The van der Waals surface area contributed by atoms with Gasteiger partial charge in [0.15, 0.2) is 0 Å². The molecule has 3 heteroatoms. The first kappa shape index (κ1) is 8.51. The topological polar surface area (TPSA) is 46.2 Å². The molecule has 0 bridgehead atoms. The van der Waals surface area contributed by atoms with Crippen molar-refractivity contribution in [2.45, 2.75) is 25.1 Å². The SMILES string of the molecule is NC1(c2cc(CF)ccc2O)CC1. The number of hydrogen-bond donors (Lipinski definition) is 2. The molecule has 0 aliphatic heterocycles. The Labute approximate surface area is 76.2 Å². The van der Waals surface area contributed by atoms with Crippen molar-refractivity contribution in [1.82, 2.24) is 0 Å². The van der Waals surface area contributed by atoms with Gasteiger partial charge in [0.25, 0.3) is 0 Å². The van der Waals surface area contributed by atoms with Crippen LogP contribution in [-0.2, 0) is 12.2 Å². The number of aromatic hydroxyl groups is 1. The quantitative estimate of drug-likeness (QED) is 0.730. The van der Waals surface area contributed by atoms with E-state index in [2.05, 4.69) is 0 Å². The third-order valence-electron chi connectivity index (χ3n) is 2.54. The van der Waals surface area contributed by atoms with Crippen LogP contribution in [0.25, 0.3) is 0 Å². The van der Waals surface area contributed by atoms with Gasteiger partial charge in [0.1, 0.15) is 12.4 Å². The highest BCUT2D eigenvalue weighted by molar-refractivity contribution is 5.43. The molecular formula is C10H12FNO. The maximum absolute atomic E-state index is 12.3. The maximum Gasteiger partial charge on any atom is 0.120 e. The van der Waals surface area contributed by atoms with Crippen molar-refractivity contribution in [3.8, 4) is 5.75 Å². The summed E-state index contributed by atoms with van der Waals surface area (Å²) in [4.78, 5) is 0. The molecule has 0 spiro atoms. The van der Waals surface area contributed by atoms with Crippen LogP contribution < -0.4 is 5.73 Å². The Morgan fingerprint density at radius 2 is 2.15 bits per heavy atom. The Hall–Kier alpha value is -1.09. The smallest absolute Gasteiger partial charge is 0.120 e. The lowest BCUT2D eigenvalue weighted by atomic mass is 10.0. The van der Waals surface area contributed by atoms with E-state index in [1.807, 2.05) is 0 Å². The Balaban J connectivity index is 2.43. The van der Waals surface area contributed by atoms with E-state index in [1.54, 1.807) is 12.1 Å². The van der Waals surface area contributed by atoms with E-state index in [9.17, 15) is 9.50 Å². The third kappa shape index (κ3) is 1.40. The molecule has 0 saturated heterocycles. The van der Waals surface area contributed by atoms with Crippen LogP contribution in [0, 0.1) is 0 Å². The molecule has 3 N–H and O–H groups in total. The first-order valence-electron chi connectivity index (χ1n) is 4.33. The van der Waals surface area contributed by atoms with E-state index in [0.717, 1.165) is 12.8 Å². The van der Waals surface area contributed by atoms with Crippen LogP contribution in [0.2, 0.25) is 0 Å². The van der Waals surface area contributed by atoms with Crippen molar-refractivity contribution in [1.29, 1.82) is 0 Å². The second-order valence-corrected chi connectivity index (χ2v) is 3.64. The fraction of sp³-hybridized carbons (Fsp3) is 0.400. The lowest BCUT2D eigenvalue weighted by Crippen LogP contribution is -2.18. The second kappa shape index (κ2) is 2.70. The van der Waals surface area contributed by atoms with E-state index in [0.29, 0.717) is 11.1 Å². The van der Waals surface area contributed by atoms with E-state index in [1.165, 1.54) is 6.07 Å². The third-order valence-corrected chi connectivity index (χ3v) is 2.54. The van der Waals surface area contributed by atoms with Crippen LogP contribution in [0.1, 0.15) is 24.0 Å². The fourth-order valence-corrected chi connectivity index (χ4v) is 1.47. The van der Waals surface area contributed by atoms with Gasteiger partial charge in [-0.15, -0.1) is 0 Å². The predicted octanol–water partition coefficient (Wildman–Crippen LogP) is 1.81. The molecule has 2 rings (SSSR count). The Morgan fingerprint density at radius 3 is 2.69 bits per heavy atom. The van der Waals surface area contributed by atoms with Crippen molar-refractivity contribution in [3.05, 3.63) is 29.3 Å². The molecule has 0 radical (unpaired) electrons. The molecule has 1 aliphatic rings. The Bertz CT molecular complexity index is 334. The van der Waals surface area contributed by atoms with Gasteiger partial charge in [0, 0.05) is 11.1 Å². The molecule has 1 aliphatic carbocycles. The number of nitrogens with two attached hydrogens (primary N) is 1. The summed E-state index contributed by atoms with van der Waals surface area (Å²) in [5.74, 6) is 0.178. The van der Waals surface area contributed by atoms with Crippen LogP contribution >= 0.6 is 0 Å². The highest BCUT2D eigenvalue weighted by Crippen LogP contribution is 2.46. The van der Waals surface area contributed by atoms with Crippen LogP contribution in [0.5, 0.6) is 5.75 Å². The summed E-state index contributed by atoms with van der Waals surface area (Å²) >= 11 is 0. The summed E-state index contributed by atoms with van der Waals surface area (Å²) in [6.45, 7) is -0.511. The minimum Gasteiger partial charge on any atom is -0.508 e. The number of rotatable bonds is 2. The van der Waals surface area contributed by atoms with Gasteiger partial charge >= 0.3 is 0 Å². The van der Waals surface area contributed by atoms with E-state index >= 15 is 0 Å². The van der Waals surface area contributed by atoms with Crippen LogP contribution in [0.15, 0.2) is 18.2 Å². The van der Waals surface area contributed by atoms with Crippen molar-refractivity contribution in [3.63, 3.8) is 0 Å². The molecule has 2 nitrogen and oxygen atoms in total. The number of phenols is 1. The van der Waals surface area contributed by atoms with Crippen LogP contribution in [0.3, 0.4) is 0 Å². The van der Waals surface area contributed by atoms with Crippen molar-refractivity contribution in [2.24, 2.45) is 5.73 Å². The van der Waals surface area contributed by atoms with Gasteiger partial charge in [-0.3, -0.25) is 0 Å². The second-order valence-electron chi connectivity index (χ2n) is 3.64. The number of phenolic OH excluding ortho intramolecular Hbond substituents is 1. The number of alkyl halides is 1. The molecule has 0 unspecified atom stereocenters. The molecule has 1 fully saturated rings. The molecule has 1 aromatic carbocycles. The van der Waals surface area contributed by atoms with Gasteiger partial charge in [-0.2, -0.15) is 0 Å². The summed E-state index contributed by atoms with van der Waals surface area (Å²) in [7, 11) is 0. The molecule has 0 amide bonds. The van der Waals surface area contributed by atoms with Gasteiger partial charge in [-0.1, -0.05) is 6.07 Å². The minimum absolute atomic E-state index is 0.178. The van der Waals surface area contributed by atoms with Crippen LogP contribution in [0.4, 0.5) is 4.39 Å². The lowest BCUT2D eigenvalue weighted by molar-refractivity contribution is 0.455. The summed E-state index contributed by atoms with van der Waals surface area (Å²) in [5.41, 5.74) is 6.77. The molecule has 1 saturated carbocycles. The van der Waals surface area contributed by atoms with Gasteiger partial charge in [-0.05, 0) is 30.5 Å². The zero-order chi connectivity index (χ0) is 9.47. The zero-order valence-electron chi connectivity index (χ0n) is 7.26. The predicted molar refractivity (Wildman–Crippen MR) is 48.0 cm³/mol. The van der Waals surface area contributed by atoms with Gasteiger partial charge in [-0.25, -0.2) is 4.39 Å². The van der Waals surface area contributed by atoms with Crippen molar-refractivity contribution < 1.29 is 9.50 Å². The lowest BCUT2D eigenvalue weighted by Gasteiger charge is -2.11. The summed E-state index contributed by atoms with van der Waals surface area (Å²) in [6, 6.07) is 4.74. The molecule has 0 aromatic heterocycles. The van der Waals surface area contributed by atoms with E-state index in [4.69, 9.17) is 5.73 Å². The van der Waals surface area contributed by atoms with Crippen molar-refractivity contribution in [2.75, 3.05) is 0 Å². The summed E-state index contributed by atoms with van der Waals surface area (Å²) in [6.07, 6.45) is 1.74. The average molecular weight is 181 g/mol. The highest BCUT2D eigenvalue weighted by Gasteiger charge is 2.41. The van der Waals surface area contributed by atoms with Gasteiger partial charge < -0.3 is 10.8 Å². The number of halogens is 1. The summed E-state index contributed by atoms with van der Waals surface area (Å²) < 4.78 is 12.3. The Kier molecular flexibility index (Phi) is 1.77. The highest BCUT2D eigenvalue weighted by atomic mass is 19.1. The molecular weight excluding hydrogens is 169 g/mol. The molecule has 70 valence electrons. The Morgan fingerprint density at radius 1 is 1.46 bits per heavy atom. The van der Waals surface area contributed by atoms with Gasteiger partial charge in [0.2, 0.25) is 0 Å². The van der Waals surface area contributed by atoms with E-state index in [-0.39, 0.29) is 5.75 Å².